The Morgan fingerprint density at radius 1 is 1.14 bits per heavy atom. The third-order valence-corrected chi connectivity index (χ3v) is 5.27. The number of rotatable bonds is 5. The third-order valence-electron chi connectivity index (χ3n) is 4.40. The first kappa shape index (κ1) is 20.3. The number of carbonyl (C=O) groups excluding carboxylic acids is 2. The van der Waals surface area contributed by atoms with Crippen molar-refractivity contribution in [3.8, 4) is 5.75 Å². The number of anilines is 1. The van der Waals surface area contributed by atoms with Crippen LogP contribution in [0.5, 0.6) is 5.75 Å². The molecule has 1 aromatic heterocycles. The van der Waals surface area contributed by atoms with Gasteiger partial charge >= 0.3 is 12.1 Å². The van der Waals surface area contributed by atoms with Gasteiger partial charge in [-0.15, -0.1) is 11.3 Å². The Kier molecular flexibility index (Phi) is 6.35. The first-order valence-electron chi connectivity index (χ1n) is 8.76. The monoisotopic (exact) mass is 412 g/mol. The molecule has 150 valence electrons. The zero-order chi connectivity index (χ0) is 20.1. The number of thiophene rings is 1. The molecule has 1 fully saturated rings. The van der Waals surface area contributed by atoms with Gasteiger partial charge in [0.15, 0.2) is 0 Å². The van der Waals surface area contributed by atoms with Gasteiger partial charge in [-0.05, 0) is 61.6 Å². The topological polar surface area (TPSA) is 58.6 Å². The Hall–Kier alpha value is -2.39. The molecule has 0 aliphatic carbocycles. The van der Waals surface area contributed by atoms with Crippen LogP contribution in [0.15, 0.2) is 41.8 Å². The van der Waals surface area contributed by atoms with Crippen molar-refractivity contribution in [2.45, 2.75) is 19.0 Å². The van der Waals surface area contributed by atoms with Crippen molar-refractivity contribution >= 4 is 28.9 Å². The molecule has 1 saturated heterocycles. The van der Waals surface area contributed by atoms with E-state index in [9.17, 15) is 22.8 Å². The fourth-order valence-corrected chi connectivity index (χ4v) is 3.61. The average molecular weight is 412 g/mol. The van der Waals surface area contributed by atoms with Crippen molar-refractivity contribution in [2.75, 3.05) is 25.0 Å². The van der Waals surface area contributed by atoms with E-state index in [0.717, 1.165) is 0 Å². The number of nitrogens with zero attached hydrogens (tertiary/aromatic N) is 1. The van der Waals surface area contributed by atoms with Crippen molar-refractivity contribution in [1.82, 2.24) is 4.90 Å². The van der Waals surface area contributed by atoms with Gasteiger partial charge in [0.2, 0.25) is 0 Å². The molecule has 0 saturated carbocycles. The number of halogens is 3. The molecule has 0 bridgehead atoms. The molecule has 1 aliphatic heterocycles. The lowest BCUT2D eigenvalue weighted by Gasteiger charge is -2.31. The van der Waals surface area contributed by atoms with Gasteiger partial charge in [0.1, 0.15) is 5.75 Å². The number of likely N-dealkylation sites (tertiary alicyclic amines) is 1. The number of piperidine rings is 1. The summed E-state index contributed by atoms with van der Waals surface area (Å²) in [6.07, 6.45) is -3.55. The van der Waals surface area contributed by atoms with Crippen LogP contribution in [0.2, 0.25) is 0 Å². The molecule has 0 radical (unpaired) electrons. The normalized spacial score (nSPS) is 16.0. The van der Waals surface area contributed by atoms with Crippen molar-refractivity contribution in [3.05, 3.63) is 46.7 Å². The lowest BCUT2D eigenvalue weighted by atomic mass is 9.97. The molecular formula is C19H19F3N2O3S. The molecule has 1 N–H and O–H groups in total. The molecule has 9 heteroatoms. The summed E-state index contributed by atoms with van der Waals surface area (Å²) in [5.74, 6) is -0.744. The number of hydrogen-bond acceptors (Lipinski definition) is 5. The van der Waals surface area contributed by atoms with Crippen molar-refractivity contribution < 1.29 is 27.5 Å². The van der Waals surface area contributed by atoms with Crippen LogP contribution in [0.1, 0.15) is 22.5 Å². The highest BCUT2D eigenvalue weighted by atomic mass is 32.1. The maximum absolute atomic E-state index is 12.4. The molecule has 2 aromatic rings. The van der Waals surface area contributed by atoms with E-state index in [2.05, 4.69) is 5.32 Å². The Labute approximate surface area is 164 Å². The van der Waals surface area contributed by atoms with Gasteiger partial charge in [-0.2, -0.15) is 13.2 Å². The van der Waals surface area contributed by atoms with E-state index in [1.165, 1.54) is 16.2 Å². The van der Waals surface area contributed by atoms with Crippen LogP contribution in [-0.4, -0.2) is 42.6 Å². The van der Waals surface area contributed by atoms with Crippen molar-refractivity contribution in [3.63, 3.8) is 0 Å². The van der Waals surface area contributed by atoms with E-state index in [0.29, 0.717) is 29.2 Å². The van der Waals surface area contributed by atoms with Gasteiger partial charge in [0, 0.05) is 5.69 Å². The molecule has 2 heterocycles. The second-order valence-electron chi connectivity index (χ2n) is 6.54. The van der Waals surface area contributed by atoms with Crippen LogP contribution in [0.4, 0.5) is 18.9 Å². The maximum atomic E-state index is 12.4. The molecular weight excluding hydrogens is 393 g/mol. The van der Waals surface area contributed by atoms with Crippen LogP contribution < -0.4 is 10.1 Å². The number of benzene rings is 1. The van der Waals surface area contributed by atoms with E-state index < -0.39 is 24.6 Å². The zero-order valence-corrected chi connectivity index (χ0v) is 15.7. The Bertz CT molecular complexity index is 799. The molecule has 1 aliphatic rings. The maximum Gasteiger partial charge on any atom is 0.401 e. The fourth-order valence-electron chi connectivity index (χ4n) is 2.99. The number of nitrogens with one attached hydrogen (secondary N) is 1. The average Bonchev–Trinajstić information content (AvgIpc) is 3.17. The van der Waals surface area contributed by atoms with E-state index in [1.807, 2.05) is 5.38 Å². The molecule has 5 nitrogen and oxygen atoms in total. The second kappa shape index (κ2) is 8.74. The van der Waals surface area contributed by atoms with Crippen LogP contribution in [0.25, 0.3) is 0 Å². The van der Waals surface area contributed by atoms with Gasteiger partial charge in [-0.25, -0.2) is 0 Å². The lowest BCUT2D eigenvalue weighted by Crippen LogP contribution is -2.42. The highest BCUT2D eigenvalue weighted by Gasteiger charge is 2.34. The molecule has 0 unspecified atom stereocenters. The van der Waals surface area contributed by atoms with Crippen LogP contribution in [0.3, 0.4) is 0 Å². The highest BCUT2D eigenvalue weighted by molar-refractivity contribution is 7.12. The Morgan fingerprint density at radius 2 is 1.82 bits per heavy atom. The summed E-state index contributed by atoms with van der Waals surface area (Å²) in [7, 11) is 0. The summed E-state index contributed by atoms with van der Waals surface area (Å²) in [6.45, 7) is -0.520. The Balaban J connectivity index is 1.48. The zero-order valence-electron chi connectivity index (χ0n) is 14.9. The Morgan fingerprint density at radius 3 is 2.39 bits per heavy atom. The highest BCUT2D eigenvalue weighted by Crippen LogP contribution is 2.25. The summed E-state index contributed by atoms with van der Waals surface area (Å²) in [4.78, 5) is 26.1. The third kappa shape index (κ3) is 5.80. The number of alkyl halides is 3. The number of esters is 1. The van der Waals surface area contributed by atoms with Crippen LogP contribution >= 0.6 is 11.3 Å². The van der Waals surface area contributed by atoms with E-state index in [4.69, 9.17) is 4.74 Å². The largest absolute Gasteiger partial charge is 0.426 e. The quantitative estimate of drug-likeness (QED) is 0.591. The fraction of sp³-hybridized carbons (Fsp3) is 0.368. The predicted octanol–water partition coefficient (Wildman–Crippen LogP) is 4.18. The summed E-state index contributed by atoms with van der Waals surface area (Å²) < 4.78 is 42.6. The van der Waals surface area contributed by atoms with Crippen LogP contribution in [-0.2, 0) is 4.79 Å². The summed E-state index contributed by atoms with van der Waals surface area (Å²) in [6, 6.07) is 9.90. The first-order chi connectivity index (χ1) is 13.3. The van der Waals surface area contributed by atoms with Gasteiger partial charge in [-0.3, -0.25) is 14.5 Å². The minimum Gasteiger partial charge on any atom is -0.426 e. The van der Waals surface area contributed by atoms with Gasteiger partial charge in [0.25, 0.3) is 5.91 Å². The number of carbonyl (C=O) groups is 2. The molecule has 28 heavy (non-hydrogen) atoms. The predicted molar refractivity (Wildman–Crippen MR) is 99.6 cm³/mol. The minimum absolute atomic E-state index is 0.215. The molecule has 0 atom stereocenters. The van der Waals surface area contributed by atoms with E-state index >= 15 is 0 Å². The molecule has 3 rings (SSSR count). The van der Waals surface area contributed by atoms with Crippen molar-refractivity contribution in [1.29, 1.82) is 0 Å². The first-order valence-corrected chi connectivity index (χ1v) is 9.64. The smallest absolute Gasteiger partial charge is 0.401 e. The van der Waals surface area contributed by atoms with Gasteiger partial charge < -0.3 is 10.1 Å². The SMILES string of the molecule is O=C(Nc1ccc(OC(=O)C2CCN(CC(F)(F)F)CC2)cc1)c1cccs1. The standard InChI is InChI=1S/C19H19F3N2O3S/c20-19(21,22)12-24-9-7-13(8-10-24)18(26)27-15-5-3-14(4-6-15)23-17(25)16-2-1-11-28-16/h1-6,11,13H,7-10,12H2,(H,23,25). The van der Waals surface area contributed by atoms with Crippen LogP contribution in [0, 0.1) is 5.92 Å². The number of ether oxygens (including phenoxy) is 1. The molecule has 1 amide bonds. The van der Waals surface area contributed by atoms with Gasteiger partial charge in [0.05, 0.1) is 17.3 Å². The number of hydrogen-bond donors (Lipinski definition) is 1. The second-order valence-corrected chi connectivity index (χ2v) is 7.49. The minimum atomic E-state index is -4.23. The van der Waals surface area contributed by atoms with Gasteiger partial charge in [-0.1, -0.05) is 6.07 Å². The number of amides is 1. The van der Waals surface area contributed by atoms with E-state index in [-0.39, 0.29) is 19.0 Å². The van der Waals surface area contributed by atoms with Crippen molar-refractivity contribution in [2.24, 2.45) is 5.92 Å². The summed E-state index contributed by atoms with van der Waals surface area (Å²) in [5, 5.41) is 4.56. The molecule has 0 spiro atoms. The molecule has 1 aromatic carbocycles. The lowest BCUT2D eigenvalue weighted by molar-refractivity contribution is -0.151. The summed E-state index contributed by atoms with van der Waals surface area (Å²) >= 11 is 1.33. The van der Waals surface area contributed by atoms with E-state index in [1.54, 1.807) is 36.4 Å². The summed E-state index contributed by atoms with van der Waals surface area (Å²) in [5.41, 5.74) is 0.568.